The lowest BCUT2D eigenvalue weighted by Crippen LogP contribution is -2.03. The number of hydrogen-bond acceptors (Lipinski definition) is 2. The number of carbonyl (C=O) groups is 1. The number of rotatable bonds is 4. The van der Waals surface area contributed by atoms with E-state index >= 15 is 0 Å². The van der Waals surface area contributed by atoms with E-state index in [4.69, 9.17) is 16.3 Å². The van der Waals surface area contributed by atoms with Crippen LogP contribution in [0.1, 0.15) is 22.8 Å². The molecule has 0 amide bonds. The summed E-state index contributed by atoms with van der Waals surface area (Å²) in [5, 5.41) is 0.456. The van der Waals surface area contributed by atoms with Gasteiger partial charge in [0.1, 0.15) is 18.2 Å². The summed E-state index contributed by atoms with van der Waals surface area (Å²) >= 11 is 9.04. The third-order valence-electron chi connectivity index (χ3n) is 2.72. The van der Waals surface area contributed by atoms with E-state index in [0.717, 1.165) is 0 Å². The normalized spacial score (nSPS) is 10.4. The Morgan fingerprint density at radius 1 is 1.30 bits per heavy atom. The summed E-state index contributed by atoms with van der Waals surface area (Å²) in [6.45, 7) is 1.47. The maximum atomic E-state index is 13.7. The molecule has 0 saturated carbocycles. The Morgan fingerprint density at radius 3 is 2.70 bits per heavy atom. The van der Waals surface area contributed by atoms with Crippen molar-refractivity contribution in [3.05, 3.63) is 62.8 Å². The van der Waals surface area contributed by atoms with E-state index in [9.17, 15) is 9.18 Å². The van der Waals surface area contributed by atoms with Crippen LogP contribution in [0.3, 0.4) is 0 Å². The number of hydrogen-bond donors (Lipinski definition) is 0. The van der Waals surface area contributed by atoms with Crippen molar-refractivity contribution < 1.29 is 13.9 Å². The molecular formula is C15H11BrClFO2. The van der Waals surface area contributed by atoms with Crippen LogP contribution in [-0.4, -0.2) is 5.78 Å². The third-order valence-corrected chi connectivity index (χ3v) is 3.45. The molecule has 0 aliphatic carbocycles. The van der Waals surface area contributed by atoms with E-state index in [0.29, 0.717) is 26.4 Å². The molecule has 2 aromatic rings. The molecule has 0 N–H and O–H groups in total. The molecule has 104 valence electrons. The van der Waals surface area contributed by atoms with Gasteiger partial charge in [0.2, 0.25) is 0 Å². The van der Waals surface area contributed by atoms with E-state index in [1.807, 2.05) is 0 Å². The fourth-order valence-electron chi connectivity index (χ4n) is 1.70. The first-order valence-corrected chi connectivity index (χ1v) is 7.01. The molecular weight excluding hydrogens is 347 g/mol. The van der Waals surface area contributed by atoms with Crippen molar-refractivity contribution >= 4 is 33.3 Å². The molecule has 0 bridgehead atoms. The Labute approximate surface area is 129 Å². The largest absolute Gasteiger partial charge is 0.488 e. The van der Waals surface area contributed by atoms with E-state index in [2.05, 4.69) is 15.9 Å². The molecule has 0 spiro atoms. The first-order chi connectivity index (χ1) is 9.47. The SMILES string of the molecule is CC(=O)c1cc(Cl)ccc1OCc1ccc(Br)cc1F. The molecule has 0 fully saturated rings. The van der Waals surface area contributed by atoms with Gasteiger partial charge in [-0.25, -0.2) is 4.39 Å². The van der Waals surface area contributed by atoms with Crippen molar-refractivity contribution in [2.24, 2.45) is 0 Å². The average Bonchev–Trinajstić information content (AvgIpc) is 2.38. The molecule has 20 heavy (non-hydrogen) atoms. The van der Waals surface area contributed by atoms with Crippen molar-refractivity contribution in [1.29, 1.82) is 0 Å². The van der Waals surface area contributed by atoms with Crippen molar-refractivity contribution in [3.8, 4) is 5.75 Å². The lowest BCUT2D eigenvalue weighted by molar-refractivity contribution is 0.101. The molecule has 0 aliphatic heterocycles. The van der Waals surface area contributed by atoms with E-state index < -0.39 is 0 Å². The van der Waals surface area contributed by atoms with Crippen LogP contribution in [0.15, 0.2) is 40.9 Å². The predicted molar refractivity (Wildman–Crippen MR) is 79.9 cm³/mol. The van der Waals surface area contributed by atoms with Crippen LogP contribution in [0.4, 0.5) is 4.39 Å². The van der Waals surface area contributed by atoms with Gasteiger partial charge < -0.3 is 4.74 Å². The second-order valence-corrected chi connectivity index (χ2v) is 5.57. The van der Waals surface area contributed by atoms with Crippen LogP contribution in [0.2, 0.25) is 5.02 Å². The highest BCUT2D eigenvalue weighted by molar-refractivity contribution is 9.10. The summed E-state index contributed by atoms with van der Waals surface area (Å²) in [6.07, 6.45) is 0. The van der Waals surface area contributed by atoms with Gasteiger partial charge in [-0.15, -0.1) is 0 Å². The van der Waals surface area contributed by atoms with Crippen molar-refractivity contribution in [2.45, 2.75) is 13.5 Å². The van der Waals surface area contributed by atoms with Gasteiger partial charge >= 0.3 is 0 Å². The molecule has 0 saturated heterocycles. The molecule has 0 atom stereocenters. The number of ether oxygens (including phenoxy) is 1. The number of ketones is 1. The van der Waals surface area contributed by atoms with Crippen LogP contribution in [0, 0.1) is 5.82 Å². The summed E-state index contributed by atoms with van der Waals surface area (Å²) < 4.78 is 19.9. The number of halogens is 3. The maximum absolute atomic E-state index is 13.7. The molecule has 0 aromatic heterocycles. The molecule has 0 heterocycles. The summed E-state index contributed by atoms with van der Waals surface area (Å²) in [7, 11) is 0. The monoisotopic (exact) mass is 356 g/mol. The van der Waals surface area contributed by atoms with Gasteiger partial charge in [0.25, 0.3) is 0 Å². The summed E-state index contributed by atoms with van der Waals surface area (Å²) in [4.78, 5) is 11.5. The quantitative estimate of drug-likeness (QED) is 0.718. The number of Topliss-reactive ketones (excluding diaryl/α,β-unsaturated/α-hetero) is 1. The maximum Gasteiger partial charge on any atom is 0.163 e. The van der Waals surface area contributed by atoms with Crippen LogP contribution < -0.4 is 4.74 Å². The molecule has 2 aromatic carbocycles. The lowest BCUT2D eigenvalue weighted by atomic mass is 10.1. The molecule has 2 nitrogen and oxygen atoms in total. The second-order valence-electron chi connectivity index (χ2n) is 4.22. The summed E-state index contributed by atoms with van der Waals surface area (Å²) in [5.41, 5.74) is 0.799. The van der Waals surface area contributed by atoms with Gasteiger partial charge in [-0.1, -0.05) is 33.6 Å². The van der Waals surface area contributed by atoms with E-state index in [1.165, 1.54) is 19.1 Å². The van der Waals surface area contributed by atoms with Gasteiger partial charge in [0.05, 0.1) is 5.56 Å². The average molecular weight is 358 g/mol. The van der Waals surface area contributed by atoms with E-state index in [1.54, 1.807) is 24.3 Å². The van der Waals surface area contributed by atoms with Gasteiger partial charge in [-0.05, 0) is 37.3 Å². The van der Waals surface area contributed by atoms with Crippen molar-refractivity contribution in [1.82, 2.24) is 0 Å². The highest BCUT2D eigenvalue weighted by Crippen LogP contribution is 2.25. The topological polar surface area (TPSA) is 26.3 Å². The van der Waals surface area contributed by atoms with Gasteiger partial charge in [0.15, 0.2) is 5.78 Å². The fourth-order valence-corrected chi connectivity index (χ4v) is 2.20. The van der Waals surface area contributed by atoms with Gasteiger partial charge in [-0.2, -0.15) is 0 Å². The number of carbonyl (C=O) groups excluding carboxylic acids is 1. The Kier molecular flexibility index (Phi) is 4.78. The first kappa shape index (κ1) is 15.0. The summed E-state index contributed by atoms with van der Waals surface area (Å²) in [6, 6.07) is 9.50. The van der Waals surface area contributed by atoms with Crippen molar-refractivity contribution in [2.75, 3.05) is 0 Å². The second kappa shape index (κ2) is 6.37. The summed E-state index contributed by atoms with van der Waals surface area (Å²) in [5.74, 6) is -0.124. The minimum absolute atomic E-state index is 0.0427. The minimum atomic E-state index is -0.363. The Balaban J connectivity index is 2.20. The zero-order valence-electron chi connectivity index (χ0n) is 10.6. The highest BCUT2D eigenvalue weighted by atomic mass is 79.9. The van der Waals surface area contributed by atoms with Crippen molar-refractivity contribution in [3.63, 3.8) is 0 Å². The smallest absolute Gasteiger partial charge is 0.163 e. The van der Waals surface area contributed by atoms with Crippen LogP contribution in [-0.2, 0) is 6.61 Å². The molecule has 0 radical (unpaired) electrons. The molecule has 5 heteroatoms. The zero-order chi connectivity index (χ0) is 14.7. The van der Waals surface area contributed by atoms with Crippen LogP contribution in [0.25, 0.3) is 0 Å². The first-order valence-electron chi connectivity index (χ1n) is 5.84. The van der Waals surface area contributed by atoms with E-state index in [-0.39, 0.29) is 18.2 Å². The molecule has 2 rings (SSSR count). The van der Waals surface area contributed by atoms with Crippen LogP contribution in [0.5, 0.6) is 5.75 Å². The van der Waals surface area contributed by atoms with Gasteiger partial charge in [0, 0.05) is 15.1 Å². The molecule has 0 unspecified atom stereocenters. The zero-order valence-corrected chi connectivity index (χ0v) is 13.0. The minimum Gasteiger partial charge on any atom is -0.488 e. The molecule has 0 aliphatic rings. The van der Waals surface area contributed by atoms with Crippen LogP contribution >= 0.6 is 27.5 Å². The Morgan fingerprint density at radius 2 is 2.05 bits per heavy atom. The highest BCUT2D eigenvalue weighted by Gasteiger charge is 2.11. The lowest BCUT2D eigenvalue weighted by Gasteiger charge is -2.11. The number of benzene rings is 2. The predicted octanol–water partition coefficient (Wildman–Crippen LogP) is 5.02. The Bertz CT molecular complexity index is 658. The fraction of sp³-hybridized carbons (Fsp3) is 0.133. The standard InChI is InChI=1S/C15H11BrClFO2/c1-9(19)13-7-12(17)4-5-15(13)20-8-10-2-3-11(16)6-14(10)18/h2-7H,8H2,1H3. The van der Waals surface area contributed by atoms with Gasteiger partial charge in [-0.3, -0.25) is 4.79 Å². The third kappa shape index (κ3) is 3.58. The Hall–Kier alpha value is -1.39.